The van der Waals surface area contributed by atoms with Crippen LogP contribution in [0.25, 0.3) is 0 Å². The molecule has 4 N–H and O–H groups in total. The van der Waals surface area contributed by atoms with Gasteiger partial charge >= 0.3 is 0 Å². The minimum atomic E-state index is -0.865. The molecule has 0 aliphatic heterocycles. The Morgan fingerprint density at radius 1 is 1.44 bits per heavy atom. The number of carbonyl (C=O) groups excluding carboxylic acids is 1. The minimum absolute atomic E-state index is 0.0188. The van der Waals surface area contributed by atoms with Crippen molar-refractivity contribution in [1.82, 2.24) is 5.32 Å². The first-order valence-electron chi connectivity index (χ1n) is 6.81. The standard InChI is InChI=1S/C14H28N2O2/c1-9-11(15)7-6-10(14(9,4)5)12(17)16-8-13(2,3)18/h9-11,18H,6-8,15H2,1-5H3,(H,16,17). The third-order valence-corrected chi connectivity index (χ3v) is 4.51. The molecular formula is C14H28N2O2. The van der Waals surface area contributed by atoms with Crippen molar-refractivity contribution in [2.24, 2.45) is 23.0 Å². The Bertz CT molecular complexity index is 307. The second-order valence-electron chi connectivity index (χ2n) is 6.93. The molecule has 0 heterocycles. The van der Waals surface area contributed by atoms with Crippen LogP contribution in [0.15, 0.2) is 0 Å². The molecule has 3 unspecified atom stereocenters. The molecule has 0 radical (unpaired) electrons. The van der Waals surface area contributed by atoms with E-state index in [0.717, 1.165) is 12.8 Å². The molecule has 0 spiro atoms. The Hall–Kier alpha value is -0.610. The molecule has 1 saturated carbocycles. The largest absolute Gasteiger partial charge is 0.389 e. The van der Waals surface area contributed by atoms with E-state index in [1.54, 1.807) is 13.8 Å². The van der Waals surface area contributed by atoms with E-state index in [1.807, 2.05) is 0 Å². The van der Waals surface area contributed by atoms with Crippen LogP contribution in [-0.2, 0) is 4.79 Å². The monoisotopic (exact) mass is 256 g/mol. The lowest BCUT2D eigenvalue weighted by Crippen LogP contribution is -2.52. The molecule has 0 saturated heterocycles. The molecule has 18 heavy (non-hydrogen) atoms. The van der Waals surface area contributed by atoms with Gasteiger partial charge in [0.2, 0.25) is 5.91 Å². The van der Waals surface area contributed by atoms with Gasteiger partial charge in [0.05, 0.1) is 5.60 Å². The summed E-state index contributed by atoms with van der Waals surface area (Å²) in [7, 11) is 0. The Morgan fingerprint density at radius 3 is 2.50 bits per heavy atom. The fraction of sp³-hybridized carbons (Fsp3) is 0.929. The van der Waals surface area contributed by atoms with E-state index < -0.39 is 5.60 Å². The first kappa shape index (κ1) is 15.4. The van der Waals surface area contributed by atoms with Gasteiger partial charge in [-0.05, 0) is 38.0 Å². The number of rotatable bonds is 3. The smallest absolute Gasteiger partial charge is 0.223 e. The highest BCUT2D eigenvalue weighted by Crippen LogP contribution is 2.44. The Kier molecular flexibility index (Phi) is 4.44. The van der Waals surface area contributed by atoms with E-state index in [4.69, 9.17) is 5.73 Å². The summed E-state index contributed by atoms with van der Waals surface area (Å²) in [6, 6.07) is 0.179. The van der Waals surface area contributed by atoms with E-state index in [2.05, 4.69) is 26.1 Å². The summed E-state index contributed by atoms with van der Waals surface area (Å²) in [5.41, 5.74) is 5.13. The van der Waals surface area contributed by atoms with E-state index in [0.29, 0.717) is 12.5 Å². The van der Waals surface area contributed by atoms with Gasteiger partial charge in [0.25, 0.3) is 0 Å². The first-order valence-corrected chi connectivity index (χ1v) is 6.81. The van der Waals surface area contributed by atoms with Crippen molar-refractivity contribution in [2.45, 2.75) is 59.1 Å². The Labute approximate surface area is 110 Å². The fourth-order valence-electron chi connectivity index (χ4n) is 2.75. The van der Waals surface area contributed by atoms with Crippen molar-refractivity contribution in [2.75, 3.05) is 6.54 Å². The highest BCUT2D eigenvalue weighted by atomic mass is 16.3. The summed E-state index contributed by atoms with van der Waals surface area (Å²) in [5.74, 6) is 0.347. The van der Waals surface area contributed by atoms with Gasteiger partial charge in [-0.25, -0.2) is 0 Å². The normalized spacial score (nSPS) is 32.1. The number of amides is 1. The van der Waals surface area contributed by atoms with Crippen LogP contribution in [0.1, 0.15) is 47.5 Å². The number of nitrogens with one attached hydrogen (secondary N) is 1. The first-order chi connectivity index (χ1) is 8.05. The molecule has 0 bridgehead atoms. The van der Waals surface area contributed by atoms with Gasteiger partial charge in [-0.2, -0.15) is 0 Å². The highest BCUT2D eigenvalue weighted by Gasteiger charge is 2.45. The molecule has 0 aromatic rings. The molecule has 1 rings (SSSR count). The van der Waals surface area contributed by atoms with E-state index >= 15 is 0 Å². The summed E-state index contributed by atoms with van der Waals surface area (Å²) < 4.78 is 0. The van der Waals surface area contributed by atoms with Crippen LogP contribution in [0.3, 0.4) is 0 Å². The molecule has 0 aromatic carbocycles. The van der Waals surface area contributed by atoms with Gasteiger partial charge in [0, 0.05) is 18.5 Å². The molecule has 106 valence electrons. The van der Waals surface area contributed by atoms with Gasteiger partial charge in [0.15, 0.2) is 0 Å². The van der Waals surface area contributed by atoms with Crippen LogP contribution in [0.5, 0.6) is 0 Å². The van der Waals surface area contributed by atoms with Crippen molar-refractivity contribution in [1.29, 1.82) is 0 Å². The zero-order valence-corrected chi connectivity index (χ0v) is 12.3. The molecule has 3 atom stereocenters. The summed E-state index contributed by atoms with van der Waals surface area (Å²) in [5, 5.41) is 12.5. The number of hydrogen-bond donors (Lipinski definition) is 3. The van der Waals surface area contributed by atoms with Crippen LogP contribution in [-0.4, -0.2) is 29.2 Å². The quantitative estimate of drug-likeness (QED) is 0.712. The molecular weight excluding hydrogens is 228 g/mol. The summed E-state index contributed by atoms with van der Waals surface area (Å²) >= 11 is 0. The van der Waals surface area contributed by atoms with Crippen LogP contribution < -0.4 is 11.1 Å². The van der Waals surface area contributed by atoms with Gasteiger partial charge in [-0.1, -0.05) is 20.8 Å². The molecule has 0 aromatic heterocycles. The van der Waals surface area contributed by atoms with Crippen LogP contribution in [0.4, 0.5) is 0 Å². The average Bonchev–Trinajstić information content (AvgIpc) is 2.22. The molecule has 1 aliphatic rings. The predicted octanol–water partition coefficient (Wildman–Crippen LogP) is 1.27. The van der Waals surface area contributed by atoms with E-state index in [1.165, 1.54) is 0 Å². The highest BCUT2D eigenvalue weighted by molar-refractivity contribution is 5.79. The van der Waals surface area contributed by atoms with Gasteiger partial charge in [0.1, 0.15) is 0 Å². The SMILES string of the molecule is CC1C(N)CCC(C(=O)NCC(C)(C)O)C1(C)C. The lowest BCUT2D eigenvalue weighted by molar-refractivity contribution is -0.133. The maximum atomic E-state index is 12.2. The summed E-state index contributed by atoms with van der Waals surface area (Å²) in [4.78, 5) is 12.2. The van der Waals surface area contributed by atoms with Gasteiger partial charge in [-0.15, -0.1) is 0 Å². The number of carbonyl (C=O) groups is 1. The van der Waals surface area contributed by atoms with Crippen molar-refractivity contribution in [3.8, 4) is 0 Å². The van der Waals surface area contributed by atoms with Gasteiger partial charge in [-0.3, -0.25) is 4.79 Å². The van der Waals surface area contributed by atoms with Crippen molar-refractivity contribution >= 4 is 5.91 Å². The molecule has 1 amide bonds. The second kappa shape index (κ2) is 5.17. The van der Waals surface area contributed by atoms with E-state index in [-0.39, 0.29) is 23.3 Å². The van der Waals surface area contributed by atoms with Crippen molar-refractivity contribution < 1.29 is 9.90 Å². The maximum Gasteiger partial charge on any atom is 0.223 e. The average molecular weight is 256 g/mol. The fourth-order valence-corrected chi connectivity index (χ4v) is 2.75. The number of hydrogen-bond acceptors (Lipinski definition) is 3. The molecule has 4 heteroatoms. The topological polar surface area (TPSA) is 75.4 Å². The van der Waals surface area contributed by atoms with Crippen LogP contribution >= 0.6 is 0 Å². The number of nitrogens with two attached hydrogens (primary N) is 1. The third kappa shape index (κ3) is 3.45. The minimum Gasteiger partial charge on any atom is -0.389 e. The summed E-state index contributed by atoms with van der Waals surface area (Å²) in [6.07, 6.45) is 1.72. The van der Waals surface area contributed by atoms with Crippen molar-refractivity contribution in [3.63, 3.8) is 0 Å². The second-order valence-corrected chi connectivity index (χ2v) is 6.93. The zero-order valence-electron chi connectivity index (χ0n) is 12.3. The Balaban J connectivity index is 2.68. The maximum absolute atomic E-state index is 12.2. The number of aliphatic hydroxyl groups is 1. The van der Waals surface area contributed by atoms with E-state index in [9.17, 15) is 9.90 Å². The lowest BCUT2D eigenvalue weighted by atomic mass is 9.61. The predicted molar refractivity (Wildman–Crippen MR) is 73.0 cm³/mol. The summed E-state index contributed by atoms with van der Waals surface area (Å²) in [6.45, 7) is 10.0. The Morgan fingerprint density at radius 2 is 2.00 bits per heavy atom. The lowest BCUT2D eigenvalue weighted by Gasteiger charge is -2.46. The van der Waals surface area contributed by atoms with Gasteiger partial charge < -0.3 is 16.2 Å². The van der Waals surface area contributed by atoms with Crippen LogP contribution in [0.2, 0.25) is 0 Å². The van der Waals surface area contributed by atoms with Crippen LogP contribution in [0, 0.1) is 17.3 Å². The van der Waals surface area contributed by atoms with Crippen molar-refractivity contribution in [3.05, 3.63) is 0 Å². The molecule has 4 nitrogen and oxygen atoms in total. The zero-order chi connectivity index (χ0) is 14.1. The molecule has 1 aliphatic carbocycles. The molecule has 1 fully saturated rings. The third-order valence-electron chi connectivity index (χ3n) is 4.51.